The predicted molar refractivity (Wildman–Crippen MR) is 99.9 cm³/mol. The summed E-state index contributed by atoms with van der Waals surface area (Å²) in [5.74, 6) is -0.124. The minimum atomic E-state index is -0.287. The molecule has 0 spiro atoms. The van der Waals surface area contributed by atoms with Crippen molar-refractivity contribution in [1.29, 1.82) is 0 Å². The van der Waals surface area contributed by atoms with E-state index >= 15 is 0 Å². The fraction of sp³-hybridized carbons (Fsp3) is 0.158. The molecule has 0 saturated heterocycles. The molecule has 126 valence electrons. The van der Waals surface area contributed by atoms with Crippen molar-refractivity contribution in [3.63, 3.8) is 0 Å². The molecular formula is C19H17N3O2S. The van der Waals surface area contributed by atoms with Crippen LogP contribution in [0.5, 0.6) is 0 Å². The average Bonchev–Trinajstić information content (AvgIpc) is 2.61. The van der Waals surface area contributed by atoms with E-state index in [2.05, 4.69) is 15.3 Å². The van der Waals surface area contributed by atoms with Gasteiger partial charge in [-0.1, -0.05) is 30.0 Å². The average molecular weight is 351 g/mol. The molecule has 5 nitrogen and oxygen atoms in total. The van der Waals surface area contributed by atoms with E-state index in [9.17, 15) is 9.59 Å². The van der Waals surface area contributed by atoms with Gasteiger partial charge in [-0.05, 0) is 37.3 Å². The molecule has 25 heavy (non-hydrogen) atoms. The van der Waals surface area contributed by atoms with Crippen LogP contribution in [0.1, 0.15) is 24.2 Å². The third-order valence-corrected chi connectivity index (χ3v) is 4.77. The second kappa shape index (κ2) is 7.44. The van der Waals surface area contributed by atoms with E-state index in [0.29, 0.717) is 11.3 Å². The maximum absolute atomic E-state index is 12.7. The van der Waals surface area contributed by atoms with E-state index in [0.717, 1.165) is 15.9 Å². The van der Waals surface area contributed by atoms with Crippen molar-refractivity contribution in [2.45, 2.75) is 24.1 Å². The van der Waals surface area contributed by atoms with Gasteiger partial charge in [0.05, 0.1) is 10.8 Å². The molecule has 0 aliphatic carbocycles. The first-order chi connectivity index (χ1) is 12.0. The molecule has 0 fully saturated rings. The Labute approximate surface area is 149 Å². The molecule has 0 bridgehead atoms. The molecule has 0 saturated carbocycles. The lowest BCUT2D eigenvalue weighted by atomic mass is 10.1. The van der Waals surface area contributed by atoms with Crippen LogP contribution >= 0.6 is 11.8 Å². The Morgan fingerprint density at radius 3 is 2.48 bits per heavy atom. The number of rotatable bonds is 5. The van der Waals surface area contributed by atoms with Crippen LogP contribution in [-0.4, -0.2) is 26.9 Å². The number of carbonyl (C=O) groups excluding carboxylic acids is 2. The van der Waals surface area contributed by atoms with Gasteiger partial charge in [0.2, 0.25) is 5.91 Å². The minimum Gasteiger partial charge on any atom is -0.326 e. The highest BCUT2D eigenvalue weighted by molar-refractivity contribution is 8.00. The van der Waals surface area contributed by atoms with Crippen LogP contribution in [0.25, 0.3) is 10.9 Å². The molecule has 0 unspecified atom stereocenters. The second-order valence-corrected chi connectivity index (χ2v) is 6.91. The molecule has 1 heterocycles. The first kappa shape index (κ1) is 17.1. The highest BCUT2D eigenvalue weighted by Crippen LogP contribution is 2.29. The molecule has 6 heteroatoms. The number of carbonyl (C=O) groups is 2. The highest BCUT2D eigenvalue weighted by atomic mass is 32.2. The van der Waals surface area contributed by atoms with E-state index < -0.39 is 0 Å². The van der Waals surface area contributed by atoms with Gasteiger partial charge in [0.15, 0.2) is 5.78 Å². The number of hydrogen-bond acceptors (Lipinski definition) is 5. The smallest absolute Gasteiger partial charge is 0.221 e. The Balaban J connectivity index is 1.77. The van der Waals surface area contributed by atoms with Gasteiger partial charge in [0.25, 0.3) is 0 Å². The number of anilines is 1. The topological polar surface area (TPSA) is 72.0 Å². The van der Waals surface area contributed by atoms with Crippen LogP contribution in [0.15, 0.2) is 59.9 Å². The molecule has 1 amide bonds. The first-order valence-corrected chi connectivity index (χ1v) is 8.71. The SMILES string of the molecule is CC(=O)Nc1ccc(C(=O)[C@@H](C)Sc2ncnc3ccccc23)cc1. The van der Waals surface area contributed by atoms with Crippen LogP contribution in [0, 0.1) is 0 Å². The number of Topliss-reactive ketones (excluding diaryl/α,β-unsaturated/α-hetero) is 1. The standard InChI is InChI=1S/C19H17N3O2S/c1-12(18(24)14-7-9-15(10-8-14)22-13(2)23)25-19-16-5-3-4-6-17(16)20-11-21-19/h3-12H,1-2H3,(H,22,23)/t12-/m1/s1. The second-order valence-electron chi connectivity index (χ2n) is 5.58. The van der Waals surface area contributed by atoms with Gasteiger partial charge in [0, 0.05) is 23.6 Å². The van der Waals surface area contributed by atoms with Gasteiger partial charge in [-0.2, -0.15) is 0 Å². The molecule has 1 N–H and O–H groups in total. The molecule has 0 radical (unpaired) electrons. The summed E-state index contributed by atoms with van der Waals surface area (Å²) in [6.45, 7) is 3.31. The Hall–Kier alpha value is -2.73. The van der Waals surface area contributed by atoms with Crippen molar-refractivity contribution in [2.75, 3.05) is 5.32 Å². The first-order valence-electron chi connectivity index (χ1n) is 7.83. The van der Waals surface area contributed by atoms with Crippen molar-refractivity contribution >= 4 is 40.0 Å². The van der Waals surface area contributed by atoms with Crippen molar-refractivity contribution in [2.24, 2.45) is 0 Å². The lowest BCUT2D eigenvalue weighted by molar-refractivity contribution is -0.114. The van der Waals surface area contributed by atoms with Gasteiger partial charge >= 0.3 is 0 Å². The Morgan fingerprint density at radius 1 is 1.04 bits per heavy atom. The maximum atomic E-state index is 12.7. The summed E-state index contributed by atoms with van der Waals surface area (Å²) in [5, 5.41) is 4.13. The Morgan fingerprint density at radius 2 is 1.76 bits per heavy atom. The van der Waals surface area contributed by atoms with Crippen molar-refractivity contribution in [3.8, 4) is 0 Å². The molecule has 1 aromatic heterocycles. The molecule has 2 aromatic carbocycles. The minimum absolute atomic E-state index is 0.0158. The monoisotopic (exact) mass is 351 g/mol. The fourth-order valence-electron chi connectivity index (χ4n) is 2.45. The van der Waals surface area contributed by atoms with Gasteiger partial charge in [-0.25, -0.2) is 9.97 Å². The zero-order valence-corrected chi connectivity index (χ0v) is 14.7. The molecular weight excluding hydrogens is 334 g/mol. The largest absolute Gasteiger partial charge is 0.326 e. The van der Waals surface area contributed by atoms with E-state index in [-0.39, 0.29) is 16.9 Å². The number of hydrogen-bond donors (Lipinski definition) is 1. The molecule has 3 rings (SSSR count). The van der Waals surface area contributed by atoms with E-state index in [1.54, 1.807) is 24.3 Å². The zero-order chi connectivity index (χ0) is 17.8. The number of fused-ring (bicyclic) bond motifs is 1. The molecule has 0 aliphatic heterocycles. The predicted octanol–water partition coefficient (Wildman–Crippen LogP) is 3.95. The number of para-hydroxylation sites is 1. The van der Waals surface area contributed by atoms with E-state index in [4.69, 9.17) is 0 Å². The summed E-state index contributed by atoms with van der Waals surface area (Å²) in [6.07, 6.45) is 1.52. The summed E-state index contributed by atoms with van der Waals surface area (Å²) in [4.78, 5) is 32.3. The van der Waals surface area contributed by atoms with Crippen LogP contribution in [0.2, 0.25) is 0 Å². The summed E-state index contributed by atoms with van der Waals surface area (Å²) in [7, 11) is 0. The number of benzene rings is 2. The number of nitrogens with one attached hydrogen (secondary N) is 1. The maximum Gasteiger partial charge on any atom is 0.221 e. The number of aromatic nitrogens is 2. The van der Waals surface area contributed by atoms with Crippen molar-refractivity contribution in [1.82, 2.24) is 9.97 Å². The number of ketones is 1. The molecule has 1 atom stereocenters. The van der Waals surface area contributed by atoms with Crippen LogP contribution in [0.4, 0.5) is 5.69 Å². The lowest BCUT2D eigenvalue weighted by Gasteiger charge is -2.11. The quantitative estimate of drug-likeness (QED) is 0.428. The normalized spacial score (nSPS) is 11.9. The third-order valence-electron chi connectivity index (χ3n) is 3.65. The van der Waals surface area contributed by atoms with Crippen molar-refractivity contribution in [3.05, 3.63) is 60.4 Å². The Bertz CT molecular complexity index is 920. The lowest BCUT2D eigenvalue weighted by Crippen LogP contribution is -2.14. The summed E-state index contributed by atoms with van der Waals surface area (Å²) < 4.78 is 0. The van der Waals surface area contributed by atoms with Gasteiger partial charge < -0.3 is 5.32 Å². The molecule has 0 aliphatic rings. The zero-order valence-electron chi connectivity index (χ0n) is 13.9. The summed E-state index contributed by atoms with van der Waals surface area (Å²) >= 11 is 1.42. The van der Waals surface area contributed by atoms with Gasteiger partial charge in [0.1, 0.15) is 11.4 Å². The van der Waals surface area contributed by atoms with Gasteiger partial charge in [-0.3, -0.25) is 9.59 Å². The number of amides is 1. The van der Waals surface area contributed by atoms with Crippen LogP contribution in [-0.2, 0) is 4.79 Å². The van der Waals surface area contributed by atoms with E-state index in [1.165, 1.54) is 25.0 Å². The van der Waals surface area contributed by atoms with Crippen molar-refractivity contribution < 1.29 is 9.59 Å². The Kier molecular flexibility index (Phi) is 5.09. The number of nitrogens with zero attached hydrogens (tertiary/aromatic N) is 2. The third kappa shape index (κ3) is 4.03. The molecule has 3 aromatic rings. The van der Waals surface area contributed by atoms with E-state index in [1.807, 2.05) is 31.2 Å². The summed E-state index contributed by atoms with van der Waals surface area (Å²) in [5.41, 5.74) is 2.14. The number of thioether (sulfide) groups is 1. The van der Waals surface area contributed by atoms with Crippen LogP contribution < -0.4 is 5.32 Å². The van der Waals surface area contributed by atoms with Gasteiger partial charge in [-0.15, -0.1) is 0 Å². The summed E-state index contributed by atoms with van der Waals surface area (Å²) in [6, 6.07) is 14.6. The van der Waals surface area contributed by atoms with Crippen LogP contribution in [0.3, 0.4) is 0 Å². The fourth-order valence-corrected chi connectivity index (χ4v) is 3.44. The highest BCUT2D eigenvalue weighted by Gasteiger charge is 2.18.